The molecule has 2 amide bonds. The lowest BCUT2D eigenvalue weighted by Gasteiger charge is -2.40. The van der Waals surface area contributed by atoms with Gasteiger partial charge in [-0.25, -0.2) is 14.6 Å². The third-order valence-corrected chi connectivity index (χ3v) is 4.02. The van der Waals surface area contributed by atoms with E-state index >= 15 is 0 Å². The lowest BCUT2D eigenvalue weighted by Crippen LogP contribution is -2.63. The number of anilines is 1. The van der Waals surface area contributed by atoms with Crippen molar-refractivity contribution in [1.29, 1.82) is 0 Å². The number of nitrogens with zero attached hydrogens (tertiary/aromatic N) is 2. The third-order valence-electron chi connectivity index (χ3n) is 4.02. The molecule has 0 aromatic heterocycles. The highest BCUT2D eigenvalue weighted by Crippen LogP contribution is 2.15. The van der Waals surface area contributed by atoms with Crippen LogP contribution >= 0.6 is 0 Å². The molecule has 160 valence electrons. The smallest absolute Gasteiger partial charge is 0.411 e. The van der Waals surface area contributed by atoms with Gasteiger partial charge < -0.3 is 25.0 Å². The molecule has 1 fully saturated rings. The van der Waals surface area contributed by atoms with Crippen molar-refractivity contribution in [3.05, 3.63) is 29.8 Å². The largest absolute Gasteiger partial charge is 0.453 e. The van der Waals surface area contributed by atoms with Crippen molar-refractivity contribution in [2.75, 3.05) is 32.1 Å². The summed E-state index contributed by atoms with van der Waals surface area (Å²) in [5.74, 6) is 0.693. The number of carbonyl (C=O) groups excluding carboxylic acids is 2. The maximum absolute atomic E-state index is 12.0. The lowest BCUT2D eigenvalue weighted by atomic mass is 10.1. The maximum atomic E-state index is 12.0. The Balaban J connectivity index is 1.84. The minimum absolute atomic E-state index is 0.131. The number of benzene rings is 1. The van der Waals surface area contributed by atoms with Gasteiger partial charge in [-0.15, -0.1) is 0 Å². The molecule has 0 radical (unpaired) electrons. The first-order valence-electron chi connectivity index (χ1n) is 9.67. The second-order valence-corrected chi connectivity index (χ2v) is 7.74. The Morgan fingerprint density at radius 1 is 1.21 bits per heavy atom. The molecule has 29 heavy (non-hydrogen) atoms. The number of ether oxygens (including phenoxy) is 2. The molecule has 9 heteroatoms. The van der Waals surface area contributed by atoms with E-state index < -0.39 is 11.7 Å². The van der Waals surface area contributed by atoms with Crippen molar-refractivity contribution in [1.82, 2.24) is 15.5 Å². The highest BCUT2D eigenvalue weighted by Gasteiger charge is 2.34. The summed E-state index contributed by atoms with van der Waals surface area (Å²) >= 11 is 0. The normalized spacial score (nSPS) is 14.7. The van der Waals surface area contributed by atoms with E-state index in [0.29, 0.717) is 31.3 Å². The molecular weight excluding hydrogens is 374 g/mol. The van der Waals surface area contributed by atoms with Crippen LogP contribution in [0.4, 0.5) is 15.3 Å². The van der Waals surface area contributed by atoms with Crippen molar-refractivity contribution in [3.8, 4) is 0 Å². The van der Waals surface area contributed by atoms with Gasteiger partial charge >= 0.3 is 12.2 Å². The maximum Gasteiger partial charge on any atom is 0.411 e. The van der Waals surface area contributed by atoms with Crippen molar-refractivity contribution < 1.29 is 19.1 Å². The zero-order valence-electron chi connectivity index (χ0n) is 17.7. The van der Waals surface area contributed by atoms with E-state index in [9.17, 15) is 9.59 Å². The van der Waals surface area contributed by atoms with Crippen molar-refractivity contribution in [3.63, 3.8) is 0 Å². The van der Waals surface area contributed by atoms with Crippen molar-refractivity contribution in [2.45, 2.75) is 45.9 Å². The topological polar surface area (TPSA) is 104 Å². The van der Waals surface area contributed by atoms with Gasteiger partial charge in [0, 0.05) is 25.3 Å². The molecule has 1 aromatic carbocycles. The number of likely N-dealkylation sites (tertiary alicyclic amines) is 1. The fraction of sp³-hybridized carbons (Fsp3) is 0.550. The number of hydrogen-bond donors (Lipinski definition) is 3. The van der Waals surface area contributed by atoms with E-state index in [1.807, 2.05) is 39.8 Å². The zero-order chi connectivity index (χ0) is 21.4. The highest BCUT2D eigenvalue weighted by atomic mass is 16.6. The molecular formula is C20H31N5O4. The molecule has 2 rings (SSSR count). The summed E-state index contributed by atoms with van der Waals surface area (Å²) in [4.78, 5) is 29.5. The number of rotatable bonds is 5. The van der Waals surface area contributed by atoms with E-state index in [2.05, 4.69) is 25.7 Å². The van der Waals surface area contributed by atoms with Crippen molar-refractivity contribution >= 4 is 23.8 Å². The number of aliphatic imine (C=N–C) groups is 1. The summed E-state index contributed by atoms with van der Waals surface area (Å²) in [6, 6.07) is 7.52. The number of methoxy groups -OCH3 is 1. The molecule has 9 nitrogen and oxygen atoms in total. The summed E-state index contributed by atoms with van der Waals surface area (Å²) in [6.45, 7) is 9.93. The second kappa shape index (κ2) is 9.99. The molecule has 0 bridgehead atoms. The van der Waals surface area contributed by atoms with Crippen LogP contribution in [0.1, 0.15) is 33.3 Å². The van der Waals surface area contributed by atoms with E-state index in [1.165, 1.54) is 7.11 Å². The van der Waals surface area contributed by atoms with Gasteiger partial charge in [0.05, 0.1) is 19.7 Å². The Morgan fingerprint density at radius 2 is 1.86 bits per heavy atom. The first-order valence-corrected chi connectivity index (χ1v) is 9.67. The summed E-state index contributed by atoms with van der Waals surface area (Å²) in [5.41, 5.74) is 1.17. The minimum Gasteiger partial charge on any atom is -0.453 e. The number of carbonyl (C=O) groups is 2. The monoisotopic (exact) mass is 405 g/mol. The SMILES string of the molecule is CCNC(=NCc1ccc(NC(=O)OC)cc1)NC1CN(C(=O)OC(C)(C)C)C1. The van der Waals surface area contributed by atoms with Crippen LogP contribution in [0.25, 0.3) is 0 Å². The quantitative estimate of drug-likeness (QED) is 0.514. The van der Waals surface area contributed by atoms with Crippen LogP contribution in [-0.2, 0) is 16.0 Å². The average molecular weight is 405 g/mol. The van der Waals surface area contributed by atoms with E-state index in [0.717, 1.165) is 12.1 Å². The van der Waals surface area contributed by atoms with E-state index in [1.54, 1.807) is 17.0 Å². The fourth-order valence-corrected chi connectivity index (χ4v) is 2.59. The molecule has 3 N–H and O–H groups in total. The first kappa shape index (κ1) is 22.3. The van der Waals surface area contributed by atoms with Gasteiger partial charge in [-0.1, -0.05) is 12.1 Å². The van der Waals surface area contributed by atoms with Gasteiger partial charge in [-0.05, 0) is 45.4 Å². The molecule has 0 aliphatic carbocycles. The third kappa shape index (κ3) is 7.52. The predicted octanol–water partition coefficient (Wildman–Crippen LogP) is 2.54. The Labute approximate surface area is 171 Å². The standard InChI is InChI=1S/C20H31N5O4/c1-6-21-17(23-16-12-25(13-16)19(27)29-20(2,3)4)22-11-14-7-9-15(10-8-14)24-18(26)28-5/h7-10,16H,6,11-13H2,1-5H3,(H,24,26)(H2,21,22,23). The predicted molar refractivity (Wildman–Crippen MR) is 112 cm³/mol. The van der Waals surface area contributed by atoms with E-state index in [4.69, 9.17) is 4.74 Å². The molecule has 0 saturated carbocycles. The van der Waals surface area contributed by atoms with Gasteiger partial charge in [-0.2, -0.15) is 0 Å². The van der Waals surface area contributed by atoms with Gasteiger partial charge in [-0.3, -0.25) is 5.32 Å². The van der Waals surface area contributed by atoms with Gasteiger partial charge in [0.1, 0.15) is 5.60 Å². The fourth-order valence-electron chi connectivity index (χ4n) is 2.59. The van der Waals surface area contributed by atoms with Gasteiger partial charge in [0.25, 0.3) is 0 Å². The second-order valence-electron chi connectivity index (χ2n) is 7.74. The molecule has 1 heterocycles. The van der Waals surface area contributed by atoms with Crippen LogP contribution in [0.3, 0.4) is 0 Å². The molecule has 0 unspecified atom stereocenters. The number of nitrogens with one attached hydrogen (secondary N) is 3. The Kier molecular flexibility index (Phi) is 7.69. The van der Waals surface area contributed by atoms with Crippen LogP contribution in [0.2, 0.25) is 0 Å². The number of hydrogen-bond acceptors (Lipinski definition) is 5. The average Bonchev–Trinajstić information content (AvgIpc) is 2.61. The Bertz CT molecular complexity index is 721. The molecule has 1 aliphatic heterocycles. The van der Waals surface area contributed by atoms with E-state index in [-0.39, 0.29) is 12.1 Å². The van der Waals surface area contributed by atoms with Crippen LogP contribution in [0, 0.1) is 0 Å². The van der Waals surface area contributed by atoms with Crippen molar-refractivity contribution in [2.24, 2.45) is 4.99 Å². The van der Waals surface area contributed by atoms with Gasteiger partial charge in [0.15, 0.2) is 5.96 Å². The van der Waals surface area contributed by atoms with Crippen LogP contribution < -0.4 is 16.0 Å². The first-order chi connectivity index (χ1) is 13.7. The van der Waals surface area contributed by atoms with Gasteiger partial charge in [0.2, 0.25) is 0 Å². The molecule has 1 aliphatic rings. The van der Waals surface area contributed by atoms with Crippen LogP contribution in [0.5, 0.6) is 0 Å². The lowest BCUT2D eigenvalue weighted by molar-refractivity contribution is 0.00700. The number of guanidine groups is 1. The van der Waals surface area contributed by atoms with Crippen LogP contribution in [-0.4, -0.2) is 61.4 Å². The Hall–Kier alpha value is -2.97. The summed E-state index contributed by atoms with van der Waals surface area (Å²) in [7, 11) is 1.32. The summed E-state index contributed by atoms with van der Waals surface area (Å²) in [6.07, 6.45) is -0.798. The highest BCUT2D eigenvalue weighted by molar-refractivity contribution is 5.84. The molecule has 1 saturated heterocycles. The van der Waals surface area contributed by atoms with Crippen LogP contribution in [0.15, 0.2) is 29.3 Å². The summed E-state index contributed by atoms with van der Waals surface area (Å²) in [5, 5.41) is 9.15. The molecule has 1 aromatic rings. The molecule has 0 spiro atoms. The number of amides is 2. The molecule has 0 atom stereocenters. The summed E-state index contributed by atoms with van der Waals surface area (Å²) < 4.78 is 9.94. The zero-order valence-corrected chi connectivity index (χ0v) is 17.7. The minimum atomic E-state index is -0.504. The Morgan fingerprint density at radius 3 is 2.41 bits per heavy atom.